The van der Waals surface area contributed by atoms with E-state index in [1.165, 1.54) is 21.9 Å². The zero-order valence-corrected chi connectivity index (χ0v) is 15.0. The number of urea groups is 1. The summed E-state index contributed by atoms with van der Waals surface area (Å²) in [4.78, 5) is 27.6. The third-order valence-corrected chi connectivity index (χ3v) is 4.11. The van der Waals surface area contributed by atoms with Crippen molar-refractivity contribution in [3.05, 3.63) is 41.8 Å². The molecule has 1 saturated heterocycles. The lowest BCUT2D eigenvalue weighted by Crippen LogP contribution is -2.37. The van der Waals surface area contributed by atoms with E-state index < -0.39 is 0 Å². The molecular formula is C18H21FN4O3. The Hall–Kier alpha value is -2.90. The quantitative estimate of drug-likeness (QED) is 0.909. The number of amides is 3. The number of carbonyl (C=O) groups is 2. The molecule has 3 amide bonds. The standard InChI is InChI=1S/C18H21FN4O3/c1-18(2,3)14-10-16(26-21-14)20-15(24)11-22-8-9-23(17(22)25)13-6-4-12(19)5-7-13/h4-7,10H,8-9,11H2,1-3H3,(H,20,24). The Balaban J connectivity index is 1.59. The topological polar surface area (TPSA) is 78.7 Å². The van der Waals surface area contributed by atoms with Gasteiger partial charge in [0.2, 0.25) is 11.8 Å². The lowest BCUT2D eigenvalue weighted by Gasteiger charge is -2.18. The third kappa shape index (κ3) is 3.84. The van der Waals surface area contributed by atoms with Crippen LogP contribution in [-0.2, 0) is 10.2 Å². The third-order valence-electron chi connectivity index (χ3n) is 4.11. The molecule has 1 N–H and O–H groups in total. The summed E-state index contributed by atoms with van der Waals surface area (Å²) in [6, 6.07) is 7.07. The van der Waals surface area contributed by atoms with Gasteiger partial charge >= 0.3 is 6.03 Å². The first kappa shape index (κ1) is 17.9. The highest BCUT2D eigenvalue weighted by atomic mass is 19.1. The summed E-state index contributed by atoms with van der Waals surface area (Å²) in [5.74, 6) is -0.476. The van der Waals surface area contributed by atoms with Gasteiger partial charge in [-0.15, -0.1) is 0 Å². The van der Waals surface area contributed by atoms with E-state index >= 15 is 0 Å². The summed E-state index contributed by atoms with van der Waals surface area (Å²) in [7, 11) is 0. The predicted octanol–water partition coefficient (Wildman–Crippen LogP) is 2.99. The van der Waals surface area contributed by atoms with Crippen molar-refractivity contribution in [2.75, 3.05) is 29.9 Å². The van der Waals surface area contributed by atoms with Crippen molar-refractivity contribution in [1.82, 2.24) is 10.1 Å². The molecule has 0 bridgehead atoms. The lowest BCUT2D eigenvalue weighted by molar-refractivity contribution is -0.116. The van der Waals surface area contributed by atoms with Crippen LogP contribution in [0.4, 0.5) is 20.8 Å². The van der Waals surface area contributed by atoms with Crippen LogP contribution in [0.3, 0.4) is 0 Å². The van der Waals surface area contributed by atoms with Crippen LogP contribution in [0.1, 0.15) is 26.5 Å². The number of halogens is 1. The maximum atomic E-state index is 13.0. The fourth-order valence-corrected chi connectivity index (χ4v) is 2.63. The second-order valence-corrected chi connectivity index (χ2v) is 7.21. The maximum Gasteiger partial charge on any atom is 0.325 e. The first-order chi connectivity index (χ1) is 12.2. The molecule has 1 aliphatic heterocycles. The number of benzene rings is 1. The highest BCUT2D eigenvalue weighted by Crippen LogP contribution is 2.24. The Kier molecular flexibility index (Phi) is 4.67. The van der Waals surface area contributed by atoms with Gasteiger partial charge in [0.15, 0.2) is 0 Å². The number of hydrogen-bond donors (Lipinski definition) is 1. The normalized spacial score (nSPS) is 14.8. The molecule has 2 heterocycles. The van der Waals surface area contributed by atoms with Gasteiger partial charge in [-0.1, -0.05) is 25.9 Å². The predicted molar refractivity (Wildman–Crippen MR) is 94.5 cm³/mol. The number of anilines is 2. The van der Waals surface area contributed by atoms with Crippen LogP contribution in [0.15, 0.2) is 34.9 Å². The van der Waals surface area contributed by atoms with Gasteiger partial charge in [0, 0.05) is 30.3 Å². The van der Waals surface area contributed by atoms with Crippen molar-refractivity contribution in [1.29, 1.82) is 0 Å². The monoisotopic (exact) mass is 360 g/mol. The van der Waals surface area contributed by atoms with Crippen LogP contribution in [0.5, 0.6) is 0 Å². The number of carbonyl (C=O) groups excluding carboxylic acids is 2. The van der Waals surface area contributed by atoms with Crippen molar-refractivity contribution in [3.63, 3.8) is 0 Å². The molecule has 3 rings (SSSR count). The molecule has 1 aliphatic rings. The summed E-state index contributed by atoms with van der Waals surface area (Å²) in [5.41, 5.74) is 1.14. The Morgan fingerprint density at radius 2 is 1.96 bits per heavy atom. The van der Waals surface area contributed by atoms with E-state index in [4.69, 9.17) is 4.52 Å². The Labute approximate surface area is 150 Å². The minimum absolute atomic E-state index is 0.0952. The highest BCUT2D eigenvalue weighted by molar-refractivity contribution is 5.98. The molecule has 1 aromatic carbocycles. The molecule has 0 radical (unpaired) electrons. The van der Waals surface area contributed by atoms with Crippen molar-refractivity contribution in [3.8, 4) is 0 Å². The summed E-state index contributed by atoms with van der Waals surface area (Å²) in [6.07, 6.45) is 0. The van der Waals surface area contributed by atoms with Gasteiger partial charge < -0.3 is 9.42 Å². The van der Waals surface area contributed by atoms with E-state index in [-0.39, 0.29) is 35.6 Å². The van der Waals surface area contributed by atoms with Gasteiger partial charge in [-0.3, -0.25) is 15.0 Å². The van der Waals surface area contributed by atoms with Crippen molar-refractivity contribution >= 4 is 23.5 Å². The van der Waals surface area contributed by atoms with Crippen LogP contribution in [0, 0.1) is 5.82 Å². The molecule has 26 heavy (non-hydrogen) atoms. The van der Waals surface area contributed by atoms with E-state index in [2.05, 4.69) is 10.5 Å². The molecule has 1 aromatic heterocycles. The van der Waals surface area contributed by atoms with E-state index in [9.17, 15) is 14.0 Å². The Morgan fingerprint density at radius 1 is 1.27 bits per heavy atom. The molecule has 2 aromatic rings. The summed E-state index contributed by atoms with van der Waals surface area (Å²) < 4.78 is 18.1. The molecule has 0 atom stereocenters. The molecule has 7 nitrogen and oxygen atoms in total. The molecule has 0 saturated carbocycles. The second kappa shape index (κ2) is 6.78. The van der Waals surface area contributed by atoms with Gasteiger partial charge in [0.05, 0.1) is 5.69 Å². The number of nitrogens with zero attached hydrogens (tertiary/aromatic N) is 3. The summed E-state index contributed by atoms with van der Waals surface area (Å²) >= 11 is 0. The molecular weight excluding hydrogens is 339 g/mol. The summed E-state index contributed by atoms with van der Waals surface area (Å²) in [6.45, 7) is 6.72. The highest BCUT2D eigenvalue weighted by Gasteiger charge is 2.31. The zero-order valence-electron chi connectivity index (χ0n) is 15.0. The first-order valence-corrected chi connectivity index (χ1v) is 8.33. The fourth-order valence-electron chi connectivity index (χ4n) is 2.63. The molecule has 8 heteroatoms. The van der Waals surface area contributed by atoms with E-state index in [0.29, 0.717) is 18.8 Å². The van der Waals surface area contributed by atoms with Gasteiger partial charge in [0.1, 0.15) is 12.4 Å². The van der Waals surface area contributed by atoms with Crippen LogP contribution < -0.4 is 10.2 Å². The van der Waals surface area contributed by atoms with E-state index in [1.807, 2.05) is 20.8 Å². The average molecular weight is 360 g/mol. The lowest BCUT2D eigenvalue weighted by atomic mass is 9.92. The second-order valence-electron chi connectivity index (χ2n) is 7.21. The van der Waals surface area contributed by atoms with Gasteiger partial charge in [-0.05, 0) is 24.3 Å². The Morgan fingerprint density at radius 3 is 2.58 bits per heavy atom. The number of rotatable bonds is 4. The van der Waals surface area contributed by atoms with E-state index in [1.54, 1.807) is 18.2 Å². The average Bonchev–Trinajstić information content (AvgIpc) is 3.16. The fraction of sp³-hybridized carbons (Fsp3) is 0.389. The molecule has 1 fully saturated rings. The SMILES string of the molecule is CC(C)(C)c1cc(NC(=O)CN2CCN(c3ccc(F)cc3)C2=O)on1. The van der Waals surface area contributed by atoms with Gasteiger partial charge in [0.25, 0.3) is 0 Å². The van der Waals surface area contributed by atoms with Crippen molar-refractivity contribution in [2.24, 2.45) is 0 Å². The maximum absolute atomic E-state index is 13.0. The van der Waals surface area contributed by atoms with E-state index in [0.717, 1.165) is 5.69 Å². The minimum atomic E-state index is -0.365. The molecule has 0 aliphatic carbocycles. The molecule has 0 unspecified atom stereocenters. The zero-order chi connectivity index (χ0) is 18.9. The molecule has 138 valence electrons. The smallest absolute Gasteiger partial charge is 0.325 e. The number of hydrogen-bond acceptors (Lipinski definition) is 4. The van der Waals surface area contributed by atoms with Crippen molar-refractivity contribution in [2.45, 2.75) is 26.2 Å². The number of nitrogens with one attached hydrogen (secondary N) is 1. The van der Waals surface area contributed by atoms with Crippen LogP contribution in [-0.4, -0.2) is 41.6 Å². The van der Waals surface area contributed by atoms with Gasteiger partial charge in [-0.2, -0.15) is 0 Å². The van der Waals surface area contributed by atoms with Gasteiger partial charge in [-0.25, -0.2) is 9.18 Å². The molecule has 0 spiro atoms. The van der Waals surface area contributed by atoms with Crippen LogP contribution in [0.25, 0.3) is 0 Å². The first-order valence-electron chi connectivity index (χ1n) is 8.33. The summed E-state index contributed by atoms with van der Waals surface area (Å²) in [5, 5.41) is 6.55. The Bertz CT molecular complexity index is 811. The van der Waals surface area contributed by atoms with Crippen LogP contribution in [0.2, 0.25) is 0 Å². The van der Waals surface area contributed by atoms with Crippen molar-refractivity contribution < 1.29 is 18.5 Å². The minimum Gasteiger partial charge on any atom is -0.338 e. The van der Waals surface area contributed by atoms with Crippen LogP contribution >= 0.6 is 0 Å². The largest absolute Gasteiger partial charge is 0.338 e. The number of aromatic nitrogens is 1.